The molecule has 18 heavy (non-hydrogen) atoms. The fourth-order valence-electron chi connectivity index (χ4n) is 2.06. The Morgan fingerprint density at radius 1 is 1.56 bits per heavy atom. The van der Waals surface area contributed by atoms with Crippen molar-refractivity contribution in [2.75, 3.05) is 32.6 Å². The molecule has 0 bridgehead atoms. The van der Waals surface area contributed by atoms with Crippen LogP contribution in [-0.2, 0) is 4.74 Å². The van der Waals surface area contributed by atoms with Crippen molar-refractivity contribution in [1.29, 1.82) is 0 Å². The first kappa shape index (κ1) is 12.7. The smallest absolute Gasteiger partial charge is 0.254 e. The van der Waals surface area contributed by atoms with Crippen LogP contribution in [0.3, 0.4) is 0 Å². The second kappa shape index (κ2) is 5.27. The van der Waals surface area contributed by atoms with Crippen LogP contribution in [0.15, 0.2) is 18.2 Å². The average molecular weight is 250 g/mol. The summed E-state index contributed by atoms with van der Waals surface area (Å²) in [6.45, 7) is 3.76. The third-order valence-corrected chi connectivity index (χ3v) is 3.11. The molecule has 1 aromatic rings. The van der Waals surface area contributed by atoms with E-state index in [2.05, 4.69) is 0 Å². The van der Waals surface area contributed by atoms with Crippen LogP contribution in [0.5, 0.6) is 5.75 Å². The minimum absolute atomic E-state index is 0.0137. The number of carbonyl (C=O) groups is 1. The van der Waals surface area contributed by atoms with E-state index in [0.29, 0.717) is 36.8 Å². The van der Waals surface area contributed by atoms with Gasteiger partial charge in [0.15, 0.2) is 0 Å². The number of hydrogen-bond acceptors (Lipinski definition) is 4. The van der Waals surface area contributed by atoms with Gasteiger partial charge < -0.3 is 20.1 Å². The second-order valence-corrected chi connectivity index (χ2v) is 4.38. The molecule has 1 fully saturated rings. The highest BCUT2D eigenvalue weighted by Crippen LogP contribution is 2.23. The molecular formula is C13H18N2O3. The van der Waals surface area contributed by atoms with Crippen molar-refractivity contribution in [3.63, 3.8) is 0 Å². The van der Waals surface area contributed by atoms with Crippen molar-refractivity contribution in [1.82, 2.24) is 4.90 Å². The summed E-state index contributed by atoms with van der Waals surface area (Å²) in [5, 5.41) is 0. The zero-order valence-corrected chi connectivity index (χ0v) is 10.7. The van der Waals surface area contributed by atoms with E-state index in [4.69, 9.17) is 15.2 Å². The van der Waals surface area contributed by atoms with Gasteiger partial charge in [-0.3, -0.25) is 4.79 Å². The molecule has 1 amide bonds. The maximum absolute atomic E-state index is 12.3. The van der Waals surface area contributed by atoms with Crippen molar-refractivity contribution >= 4 is 11.6 Å². The summed E-state index contributed by atoms with van der Waals surface area (Å²) in [4.78, 5) is 14.1. The Hall–Kier alpha value is -1.75. The highest BCUT2D eigenvalue weighted by molar-refractivity contribution is 5.95. The van der Waals surface area contributed by atoms with E-state index >= 15 is 0 Å². The molecule has 1 aliphatic heterocycles. The summed E-state index contributed by atoms with van der Waals surface area (Å²) in [6.07, 6.45) is 0. The number of morpholine rings is 1. The first-order valence-electron chi connectivity index (χ1n) is 5.95. The normalized spacial score (nSPS) is 19.7. The van der Waals surface area contributed by atoms with E-state index in [0.717, 1.165) is 0 Å². The van der Waals surface area contributed by atoms with E-state index in [9.17, 15) is 4.79 Å². The van der Waals surface area contributed by atoms with E-state index in [1.54, 1.807) is 25.3 Å². The fraction of sp³-hybridized carbons (Fsp3) is 0.462. The lowest BCUT2D eigenvalue weighted by molar-refractivity contribution is 0.00359. The standard InChI is InChI=1S/C13H18N2O3/c1-9-8-18-6-5-15(9)13(16)10-3-4-12(17-2)11(14)7-10/h3-4,7,9H,5-6,8,14H2,1-2H3/t9-/m1/s1. The predicted octanol–water partition coefficient (Wildman–Crippen LogP) is 1.14. The van der Waals surface area contributed by atoms with Gasteiger partial charge in [-0.2, -0.15) is 0 Å². The first-order chi connectivity index (χ1) is 8.63. The molecule has 0 aliphatic carbocycles. The first-order valence-corrected chi connectivity index (χ1v) is 5.95. The Balaban J connectivity index is 2.20. The number of nitrogen functional groups attached to an aromatic ring is 1. The van der Waals surface area contributed by atoms with Crippen LogP contribution in [0.4, 0.5) is 5.69 Å². The zero-order chi connectivity index (χ0) is 13.1. The van der Waals surface area contributed by atoms with Gasteiger partial charge in [0.25, 0.3) is 5.91 Å². The van der Waals surface area contributed by atoms with E-state index in [1.165, 1.54) is 0 Å². The quantitative estimate of drug-likeness (QED) is 0.799. The molecule has 1 aliphatic rings. The molecule has 0 radical (unpaired) electrons. The number of ether oxygens (including phenoxy) is 2. The van der Waals surface area contributed by atoms with Gasteiger partial charge in [-0.05, 0) is 25.1 Å². The lowest BCUT2D eigenvalue weighted by Gasteiger charge is -2.33. The van der Waals surface area contributed by atoms with Gasteiger partial charge in [-0.25, -0.2) is 0 Å². The van der Waals surface area contributed by atoms with Crippen LogP contribution in [0.2, 0.25) is 0 Å². The summed E-state index contributed by atoms with van der Waals surface area (Å²) in [5.74, 6) is 0.571. The number of benzene rings is 1. The molecule has 5 nitrogen and oxygen atoms in total. The predicted molar refractivity (Wildman–Crippen MR) is 68.7 cm³/mol. The fourth-order valence-corrected chi connectivity index (χ4v) is 2.06. The van der Waals surface area contributed by atoms with E-state index in [-0.39, 0.29) is 11.9 Å². The summed E-state index contributed by atoms with van der Waals surface area (Å²) in [7, 11) is 1.55. The van der Waals surface area contributed by atoms with Gasteiger partial charge in [-0.1, -0.05) is 0 Å². The molecule has 5 heteroatoms. The maximum atomic E-state index is 12.3. The summed E-state index contributed by atoms with van der Waals surface area (Å²) in [6, 6.07) is 5.20. The largest absolute Gasteiger partial charge is 0.495 e. The van der Waals surface area contributed by atoms with Crippen LogP contribution >= 0.6 is 0 Å². The minimum Gasteiger partial charge on any atom is -0.495 e. The zero-order valence-electron chi connectivity index (χ0n) is 10.7. The Morgan fingerprint density at radius 3 is 2.94 bits per heavy atom. The van der Waals surface area contributed by atoms with Crippen LogP contribution in [0.25, 0.3) is 0 Å². The number of nitrogens with zero attached hydrogens (tertiary/aromatic N) is 1. The molecule has 1 atom stereocenters. The second-order valence-electron chi connectivity index (χ2n) is 4.38. The summed E-state index contributed by atoms with van der Waals surface area (Å²) in [5.41, 5.74) is 6.87. The topological polar surface area (TPSA) is 64.8 Å². The molecule has 2 rings (SSSR count). The van der Waals surface area contributed by atoms with Crippen molar-refractivity contribution < 1.29 is 14.3 Å². The van der Waals surface area contributed by atoms with Crippen LogP contribution in [-0.4, -0.2) is 43.7 Å². The van der Waals surface area contributed by atoms with E-state index in [1.807, 2.05) is 11.8 Å². The maximum Gasteiger partial charge on any atom is 0.254 e. The average Bonchev–Trinajstić information content (AvgIpc) is 2.38. The molecule has 1 saturated heterocycles. The Kier molecular flexibility index (Phi) is 3.72. The van der Waals surface area contributed by atoms with E-state index < -0.39 is 0 Å². The van der Waals surface area contributed by atoms with Crippen molar-refractivity contribution in [2.45, 2.75) is 13.0 Å². The van der Waals surface area contributed by atoms with Crippen molar-refractivity contribution in [3.8, 4) is 5.75 Å². The number of anilines is 1. The number of carbonyl (C=O) groups excluding carboxylic acids is 1. The van der Waals surface area contributed by atoms with Crippen LogP contribution in [0.1, 0.15) is 17.3 Å². The lowest BCUT2D eigenvalue weighted by atomic mass is 10.1. The molecule has 1 heterocycles. The monoisotopic (exact) mass is 250 g/mol. The third-order valence-electron chi connectivity index (χ3n) is 3.11. The van der Waals surface area contributed by atoms with Crippen molar-refractivity contribution in [2.24, 2.45) is 0 Å². The number of hydrogen-bond donors (Lipinski definition) is 1. The number of amides is 1. The molecule has 2 N–H and O–H groups in total. The Morgan fingerprint density at radius 2 is 2.33 bits per heavy atom. The SMILES string of the molecule is COc1ccc(C(=O)N2CCOC[C@H]2C)cc1N. The summed E-state index contributed by atoms with van der Waals surface area (Å²) < 4.78 is 10.4. The minimum atomic E-state index is -0.0137. The summed E-state index contributed by atoms with van der Waals surface area (Å²) >= 11 is 0. The number of methoxy groups -OCH3 is 1. The highest BCUT2D eigenvalue weighted by atomic mass is 16.5. The number of rotatable bonds is 2. The molecule has 98 valence electrons. The Labute approximate surface area is 106 Å². The van der Waals surface area contributed by atoms with Crippen molar-refractivity contribution in [3.05, 3.63) is 23.8 Å². The van der Waals surface area contributed by atoms with Gasteiger partial charge in [0.2, 0.25) is 0 Å². The number of nitrogens with two attached hydrogens (primary N) is 1. The molecule has 1 aromatic carbocycles. The van der Waals surface area contributed by atoms with Gasteiger partial charge in [0.1, 0.15) is 5.75 Å². The molecule has 0 saturated carbocycles. The molecular weight excluding hydrogens is 232 g/mol. The van der Waals surface area contributed by atoms with Gasteiger partial charge in [-0.15, -0.1) is 0 Å². The van der Waals surface area contributed by atoms with Crippen LogP contribution < -0.4 is 10.5 Å². The highest BCUT2D eigenvalue weighted by Gasteiger charge is 2.25. The lowest BCUT2D eigenvalue weighted by Crippen LogP contribution is -2.47. The van der Waals surface area contributed by atoms with Gasteiger partial charge in [0.05, 0.1) is 32.1 Å². The molecule has 0 aromatic heterocycles. The van der Waals surface area contributed by atoms with Crippen LogP contribution in [0, 0.1) is 0 Å². The molecule has 0 unspecified atom stereocenters. The Bertz CT molecular complexity index is 448. The molecule has 0 spiro atoms. The van der Waals surface area contributed by atoms with Gasteiger partial charge >= 0.3 is 0 Å². The van der Waals surface area contributed by atoms with Gasteiger partial charge in [0, 0.05) is 12.1 Å². The third kappa shape index (κ3) is 2.41.